The fourth-order valence-corrected chi connectivity index (χ4v) is 4.40. The summed E-state index contributed by atoms with van der Waals surface area (Å²) in [5.74, 6) is -0.219. The van der Waals surface area contributed by atoms with E-state index in [2.05, 4.69) is 12.1 Å². The SMILES string of the molecule is CCC/C(=N/OC(C)=O)c1ccc(Sc2ccc(C(=O)c3cc4cccc(C)c4o3)cc2)cc1. The standard InChI is InChI=1S/C28H25NO4S/c1-4-6-25(29-33-19(3)30)20-9-13-23(14-10-20)34-24-15-11-21(12-16-24)27(31)26-17-22-8-5-7-18(2)28(22)32-26/h5,7-17H,4,6H2,1-3H3/b29-25-. The molecule has 0 aliphatic carbocycles. The zero-order valence-corrected chi connectivity index (χ0v) is 20.1. The first-order valence-corrected chi connectivity index (χ1v) is 11.9. The van der Waals surface area contributed by atoms with Crippen molar-refractivity contribution < 1.29 is 18.8 Å². The lowest BCUT2D eigenvalue weighted by molar-refractivity contribution is -0.140. The van der Waals surface area contributed by atoms with Crippen LogP contribution in [0.1, 0.15) is 53.9 Å². The quantitative estimate of drug-likeness (QED) is 0.118. The third kappa shape index (κ3) is 5.46. The first-order valence-electron chi connectivity index (χ1n) is 11.1. The zero-order valence-electron chi connectivity index (χ0n) is 19.3. The molecule has 0 aliphatic rings. The van der Waals surface area contributed by atoms with E-state index >= 15 is 0 Å². The minimum atomic E-state index is -0.432. The van der Waals surface area contributed by atoms with Gasteiger partial charge in [0.2, 0.25) is 5.78 Å². The number of hydrogen-bond donors (Lipinski definition) is 0. The van der Waals surface area contributed by atoms with Crippen molar-refractivity contribution in [3.05, 3.63) is 95.2 Å². The van der Waals surface area contributed by atoms with Crippen LogP contribution < -0.4 is 0 Å². The Morgan fingerprint density at radius 1 is 0.941 bits per heavy atom. The van der Waals surface area contributed by atoms with Crippen molar-refractivity contribution in [2.45, 2.75) is 43.4 Å². The van der Waals surface area contributed by atoms with Gasteiger partial charge in [0.05, 0.1) is 5.71 Å². The highest BCUT2D eigenvalue weighted by atomic mass is 32.2. The van der Waals surface area contributed by atoms with Crippen LogP contribution in [0.3, 0.4) is 0 Å². The molecular formula is C28H25NO4S. The Labute approximate surface area is 202 Å². The summed E-state index contributed by atoms with van der Waals surface area (Å²) in [6.45, 7) is 5.36. The summed E-state index contributed by atoms with van der Waals surface area (Å²) >= 11 is 1.60. The van der Waals surface area contributed by atoms with Gasteiger partial charge < -0.3 is 9.25 Å². The predicted octanol–water partition coefficient (Wildman–Crippen LogP) is 7.19. The molecule has 6 heteroatoms. The second kappa shape index (κ2) is 10.5. The van der Waals surface area contributed by atoms with Gasteiger partial charge in [-0.2, -0.15) is 0 Å². The lowest BCUT2D eigenvalue weighted by atomic mass is 10.1. The number of para-hydroxylation sites is 1. The first-order chi connectivity index (χ1) is 16.4. The molecule has 0 saturated carbocycles. The first kappa shape index (κ1) is 23.5. The van der Waals surface area contributed by atoms with Crippen LogP contribution >= 0.6 is 11.8 Å². The molecule has 0 aliphatic heterocycles. The highest BCUT2D eigenvalue weighted by Crippen LogP contribution is 2.29. The van der Waals surface area contributed by atoms with Gasteiger partial charge in [-0.05, 0) is 66.9 Å². The molecule has 0 bridgehead atoms. The Hall–Kier alpha value is -3.64. The van der Waals surface area contributed by atoms with Gasteiger partial charge in [0.25, 0.3) is 0 Å². The van der Waals surface area contributed by atoms with Crippen molar-refractivity contribution >= 4 is 40.2 Å². The number of furan rings is 1. The van der Waals surface area contributed by atoms with Crippen molar-refractivity contribution in [3.63, 3.8) is 0 Å². The maximum absolute atomic E-state index is 12.9. The molecule has 1 heterocycles. The van der Waals surface area contributed by atoms with E-state index in [0.717, 1.165) is 50.4 Å². The second-order valence-corrected chi connectivity index (χ2v) is 9.10. The summed E-state index contributed by atoms with van der Waals surface area (Å²) in [6.07, 6.45) is 1.62. The van der Waals surface area contributed by atoms with E-state index < -0.39 is 5.97 Å². The van der Waals surface area contributed by atoms with Crippen LogP contribution in [0.4, 0.5) is 0 Å². The van der Waals surface area contributed by atoms with Crippen LogP contribution in [0, 0.1) is 6.92 Å². The number of aryl methyl sites for hydroxylation is 1. The highest BCUT2D eigenvalue weighted by Gasteiger charge is 2.15. The largest absolute Gasteiger partial charge is 0.452 e. The van der Waals surface area contributed by atoms with E-state index in [4.69, 9.17) is 9.25 Å². The summed E-state index contributed by atoms with van der Waals surface area (Å²) in [4.78, 5) is 30.9. The molecular weight excluding hydrogens is 446 g/mol. The average Bonchev–Trinajstić information content (AvgIpc) is 3.28. The minimum Gasteiger partial charge on any atom is -0.452 e. The molecule has 0 fully saturated rings. The molecule has 0 radical (unpaired) electrons. The van der Waals surface area contributed by atoms with Gasteiger partial charge in [0.1, 0.15) is 5.58 Å². The third-order valence-corrected chi connectivity index (χ3v) is 6.29. The van der Waals surface area contributed by atoms with Gasteiger partial charge in [-0.3, -0.25) is 4.79 Å². The number of hydrogen-bond acceptors (Lipinski definition) is 6. The Morgan fingerprint density at radius 2 is 1.59 bits per heavy atom. The predicted molar refractivity (Wildman–Crippen MR) is 135 cm³/mol. The van der Waals surface area contributed by atoms with Gasteiger partial charge in [-0.1, -0.05) is 60.6 Å². The number of carbonyl (C=O) groups excluding carboxylic acids is 2. The van der Waals surface area contributed by atoms with E-state index in [9.17, 15) is 9.59 Å². The highest BCUT2D eigenvalue weighted by molar-refractivity contribution is 7.99. The van der Waals surface area contributed by atoms with Gasteiger partial charge in [-0.15, -0.1) is 0 Å². The molecule has 0 amide bonds. The summed E-state index contributed by atoms with van der Waals surface area (Å²) in [5, 5.41) is 4.92. The van der Waals surface area contributed by atoms with Crippen LogP contribution in [0.2, 0.25) is 0 Å². The molecule has 4 rings (SSSR count). The molecule has 5 nitrogen and oxygen atoms in total. The van der Waals surface area contributed by atoms with Gasteiger partial charge in [0, 0.05) is 27.7 Å². The zero-order chi connectivity index (χ0) is 24.1. The van der Waals surface area contributed by atoms with Gasteiger partial charge in [-0.25, -0.2) is 4.79 Å². The van der Waals surface area contributed by atoms with E-state index in [-0.39, 0.29) is 5.78 Å². The lowest BCUT2D eigenvalue weighted by Crippen LogP contribution is -2.03. The summed E-state index contributed by atoms with van der Waals surface area (Å²) in [6, 6.07) is 23.1. The van der Waals surface area contributed by atoms with Crippen LogP contribution in [0.15, 0.2) is 92.2 Å². The molecule has 0 saturated heterocycles. The number of nitrogens with zero attached hydrogens (tertiary/aromatic N) is 1. The van der Waals surface area contributed by atoms with Crippen LogP contribution in [0.5, 0.6) is 0 Å². The average molecular weight is 472 g/mol. The Kier molecular flexibility index (Phi) is 7.28. The number of rotatable bonds is 8. The molecule has 1 aromatic heterocycles. The molecule has 0 spiro atoms. The maximum Gasteiger partial charge on any atom is 0.331 e. The number of ketones is 1. The lowest BCUT2D eigenvalue weighted by Gasteiger charge is -2.07. The molecule has 0 atom stereocenters. The van der Waals surface area contributed by atoms with Crippen LogP contribution in [0.25, 0.3) is 11.0 Å². The maximum atomic E-state index is 12.9. The topological polar surface area (TPSA) is 68.9 Å². The molecule has 172 valence electrons. The van der Waals surface area contributed by atoms with Crippen LogP contribution in [-0.4, -0.2) is 17.5 Å². The van der Waals surface area contributed by atoms with Gasteiger partial charge >= 0.3 is 5.97 Å². The minimum absolute atomic E-state index is 0.132. The van der Waals surface area contributed by atoms with E-state index in [1.807, 2.05) is 73.7 Å². The monoisotopic (exact) mass is 471 g/mol. The molecule has 34 heavy (non-hydrogen) atoms. The summed E-state index contributed by atoms with van der Waals surface area (Å²) in [5.41, 5.74) is 4.02. The number of carbonyl (C=O) groups is 2. The van der Waals surface area contributed by atoms with E-state index in [0.29, 0.717) is 11.3 Å². The van der Waals surface area contributed by atoms with E-state index in [1.54, 1.807) is 17.8 Å². The number of benzene rings is 3. The molecule has 0 N–H and O–H groups in total. The summed E-state index contributed by atoms with van der Waals surface area (Å²) in [7, 11) is 0. The normalized spacial score (nSPS) is 11.6. The number of fused-ring (bicyclic) bond motifs is 1. The van der Waals surface area contributed by atoms with Crippen LogP contribution in [-0.2, 0) is 9.63 Å². The smallest absolute Gasteiger partial charge is 0.331 e. The summed E-state index contributed by atoms with van der Waals surface area (Å²) < 4.78 is 5.83. The molecule has 4 aromatic rings. The number of oxime groups is 1. The van der Waals surface area contributed by atoms with Crippen molar-refractivity contribution in [2.24, 2.45) is 5.16 Å². The second-order valence-electron chi connectivity index (χ2n) is 7.95. The Morgan fingerprint density at radius 3 is 2.18 bits per heavy atom. The fraction of sp³-hybridized carbons (Fsp3) is 0.179. The van der Waals surface area contributed by atoms with E-state index in [1.165, 1.54) is 6.92 Å². The van der Waals surface area contributed by atoms with Crippen molar-refractivity contribution in [1.29, 1.82) is 0 Å². The van der Waals surface area contributed by atoms with Crippen molar-refractivity contribution in [1.82, 2.24) is 0 Å². The van der Waals surface area contributed by atoms with Crippen molar-refractivity contribution in [3.8, 4) is 0 Å². The van der Waals surface area contributed by atoms with Crippen molar-refractivity contribution in [2.75, 3.05) is 0 Å². The fourth-order valence-electron chi connectivity index (χ4n) is 3.59. The Bertz CT molecular complexity index is 1350. The molecule has 3 aromatic carbocycles. The van der Waals surface area contributed by atoms with Gasteiger partial charge in [0.15, 0.2) is 5.76 Å². The third-order valence-electron chi connectivity index (χ3n) is 5.28. The Balaban J connectivity index is 1.46. The molecule has 0 unspecified atom stereocenters.